The van der Waals surface area contributed by atoms with Crippen LogP contribution in [0.15, 0.2) is 24.3 Å². The molecule has 0 spiro atoms. The van der Waals surface area contributed by atoms with Gasteiger partial charge in [0.1, 0.15) is 17.6 Å². The van der Waals surface area contributed by atoms with Crippen LogP contribution in [0.3, 0.4) is 0 Å². The molecule has 0 atom stereocenters. The van der Waals surface area contributed by atoms with E-state index in [0.717, 1.165) is 0 Å². The van der Waals surface area contributed by atoms with Crippen molar-refractivity contribution in [3.63, 3.8) is 0 Å². The van der Waals surface area contributed by atoms with E-state index < -0.39 is 30.8 Å². The average molecular weight is 415 g/mol. The summed E-state index contributed by atoms with van der Waals surface area (Å²) < 4.78 is 18.8. The van der Waals surface area contributed by atoms with Gasteiger partial charge in [0.05, 0.1) is 0 Å². The zero-order valence-corrected chi connectivity index (χ0v) is 20.6. The molecule has 5 nitrogen and oxygen atoms in total. The van der Waals surface area contributed by atoms with Crippen molar-refractivity contribution in [2.45, 2.75) is 65.3 Å². The monoisotopic (exact) mass is 414 g/mol. The van der Waals surface area contributed by atoms with Gasteiger partial charge in [-0.1, -0.05) is 0 Å². The molecule has 1 aromatic carbocycles. The first-order valence-electron chi connectivity index (χ1n) is 8.91. The molecule has 0 radical (unpaired) electrons. The minimum atomic E-state index is -2.47. The van der Waals surface area contributed by atoms with Crippen LogP contribution in [0, 0.1) is 0 Å². The lowest BCUT2D eigenvalue weighted by Crippen LogP contribution is -2.56. The highest BCUT2D eigenvalue weighted by molar-refractivity contribution is 6.87. The van der Waals surface area contributed by atoms with E-state index in [4.69, 9.17) is 13.0 Å². The number of ketones is 1. The minimum Gasteiger partial charge on any atom is -0.492 e. The summed E-state index contributed by atoms with van der Waals surface area (Å²) in [7, 11) is -6.01. The number of benzene rings is 1. The number of aliphatic hydroxyl groups is 1. The van der Waals surface area contributed by atoms with Crippen molar-refractivity contribution in [3.05, 3.63) is 29.8 Å². The molecule has 0 aromatic heterocycles. The summed E-state index contributed by atoms with van der Waals surface area (Å²) in [5, 5.41) is 9.83. The molecular weight excluding hydrogens is 380 g/mol. The van der Waals surface area contributed by atoms with E-state index in [1.165, 1.54) is 13.8 Å². The highest BCUT2D eigenvalue weighted by atomic mass is 28.5. The second-order valence-corrected chi connectivity index (χ2v) is 21.9. The molecule has 0 unspecified atom stereocenters. The predicted molar refractivity (Wildman–Crippen MR) is 113 cm³/mol. The molecule has 0 aliphatic rings. The maximum absolute atomic E-state index is 12.1. The molecule has 0 fully saturated rings. The summed E-state index contributed by atoms with van der Waals surface area (Å²) in [5.74, 6) is 0.349. The molecule has 1 N–H and O–H groups in total. The van der Waals surface area contributed by atoms with E-state index in [2.05, 4.69) is 45.8 Å². The zero-order chi connectivity index (χ0) is 20.4. The van der Waals surface area contributed by atoms with Crippen LogP contribution in [0.2, 0.25) is 45.8 Å². The Kier molecular flexibility index (Phi) is 7.22. The highest BCUT2D eigenvalue weighted by Crippen LogP contribution is 2.23. The van der Waals surface area contributed by atoms with Crippen LogP contribution in [-0.4, -0.2) is 47.9 Å². The molecule has 0 aliphatic carbocycles. The van der Waals surface area contributed by atoms with E-state index in [-0.39, 0.29) is 5.78 Å². The van der Waals surface area contributed by atoms with E-state index in [0.29, 0.717) is 17.5 Å². The highest BCUT2D eigenvalue weighted by Gasteiger charge is 2.41. The summed E-state index contributed by atoms with van der Waals surface area (Å²) in [5.41, 5.74) is -0.925. The molecule has 0 saturated heterocycles. The van der Waals surface area contributed by atoms with Crippen molar-refractivity contribution >= 4 is 31.0 Å². The Hall–Kier alpha value is -0.779. The molecule has 8 heteroatoms. The zero-order valence-electron chi connectivity index (χ0n) is 17.6. The van der Waals surface area contributed by atoms with Crippen molar-refractivity contribution in [1.82, 2.24) is 0 Å². The summed E-state index contributed by atoms with van der Waals surface area (Å²) in [4.78, 5) is 12.1. The largest absolute Gasteiger partial charge is 0.492 e. The van der Waals surface area contributed by atoms with Gasteiger partial charge in [-0.25, -0.2) is 0 Å². The topological polar surface area (TPSA) is 65.0 Å². The summed E-state index contributed by atoms with van der Waals surface area (Å²) >= 11 is 0. The first-order valence-corrected chi connectivity index (χ1v) is 18.3. The molecule has 1 rings (SSSR count). The van der Waals surface area contributed by atoms with E-state index in [9.17, 15) is 9.90 Å². The maximum atomic E-state index is 12.1. The van der Waals surface area contributed by atoms with Crippen molar-refractivity contribution in [1.29, 1.82) is 0 Å². The Morgan fingerprint density at radius 2 is 1.35 bits per heavy atom. The second kappa shape index (κ2) is 8.07. The molecule has 0 amide bonds. The third-order valence-electron chi connectivity index (χ3n) is 3.22. The van der Waals surface area contributed by atoms with Gasteiger partial charge in [-0.15, -0.1) is 0 Å². The molecule has 26 heavy (non-hydrogen) atoms. The van der Waals surface area contributed by atoms with Crippen molar-refractivity contribution in [2.75, 3.05) is 6.23 Å². The quantitative estimate of drug-likeness (QED) is 0.481. The van der Waals surface area contributed by atoms with Crippen LogP contribution in [-0.2, 0) is 8.23 Å². The Labute approximate surface area is 161 Å². The summed E-state index contributed by atoms with van der Waals surface area (Å²) in [6, 6.07) is 6.84. The predicted octanol–water partition coefficient (Wildman–Crippen LogP) is 4.33. The number of carbonyl (C=O) groups excluding carboxylic acids is 1. The fourth-order valence-electron chi connectivity index (χ4n) is 2.65. The van der Waals surface area contributed by atoms with Crippen molar-refractivity contribution in [3.8, 4) is 5.75 Å². The number of ether oxygens (including phenoxy) is 1. The van der Waals surface area contributed by atoms with Gasteiger partial charge in [-0.05, 0) is 83.9 Å². The lowest BCUT2D eigenvalue weighted by Gasteiger charge is -2.38. The van der Waals surface area contributed by atoms with Crippen molar-refractivity contribution in [2.24, 2.45) is 0 Å². The van der Waals surface area contributed by atoms with Crippen LogP contribution >= 0.6 is 0 Å². The minimum absolute atomic E-state index is 0.313. The summed E-state index contributed by atoms with van der Waals surface area (Å²) in [6.45, 7) is 18.0. The number of Topliss-reactive ketones (excluding diaryl/α,β-unsaturated/α-hetero) is 1. The Morgan fingerprint density at radius 1 is 0.923 bits per heavy atom. The average Bonchev–Trinajstić information content (AvgIpc) is 2.40. The molecule has 0 saturated carbocycles. The maximum Gasteiger partial charge on any atom is 0.353 e. The van der Waals surface area contributed by atoms with E-state index in [1.54, 1.807) is 24.3 Å². The van der Waals surface area contributed by atoms with Crippen LogP contribution in [0.1, 0.15) is 24.2 Å². The number of hydrogen-bond donors (Lipinski definition) is 1. The standard InChI is InChI=1S/C18H34O5Si3/c1-18(2,20)17(19)15-10-12-16(13-11-15)21-14-26(9,22-24(3,4)5)23-25(6,7)8/h10-13,20H,14H2,1-9H3. The van der Waals surface area contributed by atoms with Gasteiger partial charge in [-0.2, -0.15) is 0 Å². The number of rotatable bonds is 9. The lowest BCUT2D eigenvalue weighted by molar-refractivity contribution is 0.0488. The van der Waals surface area contributed by atoms with Gasteiger partial charge in [0.25, 0.3) is 0 Å². The third-order valence-corrected chi connectivity index (χ3v) is 12.2. The van der Waals surface area contributed by atoms with Gasteiger partial charge in [0, 0.05) is 5.56 Å². The van der Waals surface area contributed by atoms with Gasteiger partial charge in [0.2, 0.25) is 0 Å². The summed E-state index contributed by atoms with van der Waals surface area (Å²) in [6.07, 6.45) is 0.403. The molecule has 0 bridgehead atoms. The fraction of sp³-hybridized carbons (Fsp3) is 0.611. The molecule has 1 aromatic rings. The third kappa shape index (κ3) is 8.28. The van der Waals surface area contributed by atoms with Crippen molar-refractivity contribution < 1.29 is 22.9 Å². The fourth-order valence-corrected chi connectivity index (χ4v) is 14.5. The van der Waals surface area contributed by atoms with E-state index in [1.807, 2.05) is 0 Å². The van der Waals surface area contributed by atoms with Crippen LogP contribution in [0.4, 0.5) is 0 Å². The van der Waals surface area contributed by atoms with Crippen LogP contribution in [0.5, 0.6) is 5.75 Å². The normalized spacial score (nSPS) is 13.6. The molecule has 0 aliphatic heterocycles. The molecule has 148 valence electrons. The number of hydrogen-bond acceptors (Lipinski definition) is 5. The van der Waals surface area contributed by atoms with Gasteiger partial charge in [-0.3, -0.25) is 4.79 Å². The van der Waals surface area contributed by atoms with Gasteiger partial charge in [0.15, 0.2) is 22.4 Å². The first-order chi connectivity index (χ1) is 11.5. The first kappa shape index (κ1) is 23.3. The Morgan fingerprint density at radius 3 is 1.69 bits per heavy atom. The van der Waals surface area contributed by atoms with Crippen LogP contribution < -0.4 is 4.74 Å². The number of carbonyl (C=O) groups is 1. The van der Waals surface area contributed by atoms with E-state index >= 15 is 0 Å². The Bertz CT molecular complexity index is 594. The SMILES string of the molecule is CC(C)(O)C(=O)c1ccc(OC[Si](C)(O[Si](C)(C)C)O[Si](C)(C)C)cc1. The lowest BCUT2D eigenvalue weighted by atomic mass is 9.97. The second-order valence-electron chi connectivity index (χ2n) is 9.26. The smallest absolute Gasteiger partial charge is 0.353 e. The molecular formula is C18H34O5Si3. The molecule has 0 heterocycles. The van der Waals surface area contributed by atoms with Crippen LogP contribution in [0.25, 0.3) is 0 Å². The van der Waals surface area contributed by atoms with Gasteiger partial charge < -0.3 is 18.1 Å². The van der Waals surface area contributed by atoms with Gasteiger partial charge >= 0.3 is 8.56 Å². The Balaban J connectivity index is 2.87.